The van der Waals surface area contributed by atoms with Gasteiger partial charge in [-0.25, -0.2) is 5.43 Å². The number of hydrogen-bond donors (Lipinski definition) is 1. The predicted molar refractivity (Wildman–Crippen MR) is 73.6 cm³/mol. The van der Waals surface area contributed by atoms with Gasteiger partial charge < -0.3 is 0 Å². The van der Waals surface area contributed by atoms with Crippen molar-refractivity contribution < 1.29 is 9.36 Å². The molecule has 1 aromatic carbocycles. The zero-order valence-electron chi connectivity index (χ0n) is 10.8. The van der Waals surface area contributed by atoms with E-state index >= 15 is 0 Å². The molecule has 0 atom stereocenters. The SMILES string of the molecule is Cc1ccc(/C=N\NC(=O)C[n+]2ccccc2)cc1. The summed E-state index contributed by atoms with van der Waals surface area (Å²) in [6.45, 7) is 2.28. The second kappa shape index (κ2) is 6.44. The summed E-state index contributed by atoms with van der Waals surface area (Å²) in [6.07, 6.45) is 5.31. The zero-order chi connectivity index (χ0) is 13.5. The lowest BCUT2D eigenvalue weighted by atomic mass is 10.2. The van der Waals surface area contributed by atoms with E-state index in [4.69, 9.17) is 0 Å². The molecular formula is C15H16N3O+. The number of carbonyl (C=O) groups is 1. The molecule has 2 aromatic rings. The summed E-state index contributed by atoms with van der Waals surface area (Å²) in [7, 11) is 0. The number of carbonyl (C=O) groups excluding carboxylic acids is 1. The summed E-state index contributed by atoms with van der Waals surface area (Å²) in [4.78, 5) is 11.6. The van der Waals surface area contributed by atoms with Crippen molar-refractivity contribution in [3.05, 3.63) is 66.0 Å². The number of pyridine rings is 1. The second-order valence-corrected chi connectivity index (χ2v) is 4.25. The second-order valence-electron chi connectivity index (χ2n) is 4.25. The lowest BCUT2D eigenvalue weighted by Gasteiger charge is -1.97. The van der Waals surface area contributed by atoms with Crippen LogP contribution in [0.3, 0.4) is 0 Å². The fourth-order valence-electron chi connectivity index (χ4n) is 1.57. The number of hydrogen-bond acceptors (Lipinski definition) is 2. The lowest BCUT2D eigenvalue weighted by molar-refractivity contribution is -0.684. The fourth-order valence-corrected chi connectivity index (χ4v) is 1.57. The zero-order valence-corrected chi connectivity index (χ0v) is 10.8. The number of nitrogens with zero attached hydrogens (tertiary/aromatic N) is 2. The van der Waals surface area contributed by atoms with E-state index in [9.17, 15) is 4.79 Å². The van der Waals surface area contributed by atoms with E-state index in [0.29, 0.717) is 0 Å². The number of aryl methyl sites for hydroxylation is 1. The molecular weight excluding hydrogens is 238 g/mol. The van der Waals surface area contributed by atoms with E-state index < -0.39 is 0 Å². The topological polar surface area (TPSA) is 45.3 Å². The number of benzene rings is 1. The van der Waals surface area contributed by atoms with Crippen LogP contribution in [-0.2, 0) is 11.3 Å². The van der Waals surface area contributed by atoms with Gasteiger partial charge in [0.1, 0.15) is 0 Å². The van der Waals surface area contributed by atoms with Gasteiger partial charge in [-0.2, -0.15) is 9.67 Å². The maximum atomic E-state index is 11.6. The molecule has 0 unspecified atom stereocenters. The van der Waals surface area contributed by atoms with Gasteiger partial charge in [0.15, 0.2) is 12.4 Å². The Labute approximate surface area is 112 Å². The van der Waals surface area contributed by atoms with Crippen LogP contribution in [0.4, 0.5) is 0 Å². The van der Waals surface area contributed by atoms with E-state index in [1.807, 2.05) is 61.8 Å². The lowest BCUT2D eigenvalue weighted by Crippen LogP contribution is -2.40. The largest absolute Gasteiger partial charge is 0.305 e. The van der Waals surface area contributed by atoms with Gasteiger partial charge in [0.2, 0.25) is 6.54 Å². The molecule has 0 radical (unpaired) electrons. The van der Waals surface area contributed by atoms with E-state index in [1.54, 1.807) is 10.8 Å². The van der Waals surface area contributed by atoms with Gasteiger partial charge >= 0.3 is 5.91 Å². The quantitative estimate of drug-likeness (QED) is 0.501. The third-order valence-electron chi connectivity index (χ3n) is 2.58. The maximum Gasteiger partial charge on any atom is 0.305 e. The van der Waals surface area contributed by atoms with Crippen LogP contribution in [0.15, 0.2) is 60.0 Å². The average Bonchev–Trinajstić information content (AvgIpc) is 2.42. The molecule has 96 valence electrons. The Hall–Kier alpha value is -2.49. The molecule has 1 heterocycles. The number of aromatic nitrogens is 1. The van der Waals surface area contributed by atoms with Gasteiger partial charge in [0.25, 0.3) is 0 Å². The van der Waals surface area contributed by atoms with Crippen molar-refractivity contribution in [2.45, 2.75) is 13.5 Å². The third kappa shape index (κ3) is 4.35. The van der Waals surface area contributed by atoms with Crippen LogP contribution in [0.2, 0.25) is 0 Å². The molecule has 0 aliphatic rings. The number of nitrogens with one attached hydrogen (secondary N) is 1. The number of amides is 1. The first-order valence-corrected chi connectivity index (χ1v) is 6.07. The van der Waals surface area contributed by atoms with Crippen LogP contribution < -0.4 is 9.99 Å². The van der Waals surface area contributed by atoms with E-state index in [-0.39, 0.29) is 12.5 Å². The van der Waals surface area contributed by atoms with Crippen molar-refractivity contribution in [1.29, 1.82) is 0 Å². The molecule has 19 heavy (non-hydrogen) atoms. The van der Waals surface area contributed by atoms with E-state index in [1.165, 1.54) is 5.56 Å². The molecule has 0 saturated carbocycles. The summed E-state index contributed by atoms with van der Waals surface area (Å²) in [6, 6.07) is 13.6. The normalized spacial score (nSPS) is 10.6. The van der Waals surface area contributed by atoms with Gasteiger partial charge in [-0.1, -0.05) is 35.9 Å². The molecule has 0 bridgehead atoms. The van der Waals surface area contributed by atoms with Gasteiger partial charge in [0.05, 0.1) is 6.21 Å². The van der Waals surface area contributed by atoms with E-state index in [0.717, 1.165) is 5.56 Å². The molecule has 4 heteroatoms. The monoisotopic (exact) mass is 254 g/mol. The highest BCUT2D eigenvalue weighted by molar-refractivity contribution is 5.81. The molecule has 0 aliphatic carbocycles. The first-order chi connectivity index (χ1) is 9.24. The fraction of sp³-hybridized carbons (Fsp3) is 0.133. The molecule has 0 spiro atoms. The Morgan fingerprint density at radius 2 is 1.89 bits per heavy atom. The smallest absolute Gasteiger partial charge is 0.266 e. The Morgan fingerprint density at radius 1 is 1.21 bits per heavy atom. The van der Waals surface area contributed by atoms with Gasteiger partial charge in [-0.3, -0.25) is 4.79 Å². The first kappa shape index (κ1) is 13.0. The molecule has 4 nitrogen and oxygen atoms in total. The third-order valence-corrected chi connectivity index (χ3v) is 2.58. The van der Waals surface area contributed by atoms with Crippen LogP contribution in [0.5, 0.6) is 0 Å². The summed E-state index contributed by atoms with van der Waals surface area (Å²) in [5.74, 6) is -0.153. The molecule has 2 rings (SSSR count). The van der Waals surface area contributed by atoms with Crippen LogP contribution in [0.25, 0.3) is 0 Å². The molecule has 1 N–H and O–H groups in total. The van der Waals surface area contributed by atoms with Crippen LogP contribution in [-0.4, -0.2) is 12.1 Å². The summed E-state index contributed by atoms with van der Waals surface area (Å²) in [5.41, 5.74) is 4.66. The van der Waals surface area contributed by atoms with E-state index in [2.05, 4.69) is 10.5 Å². The first-order valence-electron chi connectivity index (χ1n) is 6.07. The van der Waals surface area contributed by atoms with Crippen LogP contribution in [0.1, 0.15) is 11.1 Å². The van der Waals surface area contributed by atoms with Crippen molar-refractivity contribution in [3.8, 4) is 0 Å². The minimum Gasteiger partial charge on any atom is -0.266 e. The highest BCUT2D eigenvalue weighted by Gasteiger charge is 2.06. The Kier molecular flexibility index (Phi) is 4.39. The van der Waals surface area contributed by atoms with Gasteiger partial charge in [0, 0.05) is 12.1 Å². The highest BCUT2D eigenvalue weighted by Crippen LogP contribution is 1.99. The summed E-state index contributed by atoms with van der Waals surface area (Å²) in [5, 5.41) is 3.93. The molecule has 0 saturated heterocycles. The molecule has 0 aliphatic heterocycles. The standard InChI is InChI=1S/C15H15N3O/c1-13-5-7-14(8-6-13)11-16-17-15(19)12-18-9-3-2-4-10-18/h2-11H,12H2,1H3/p+1/b16-11-. The van der Waals surface area contributed by atoms with Gasteiger partial charge in [-0.15, -0.1) is 0 Å². The van der Waals surface area contributed by atoms with Gasteiger partial charge in [-0.05, 0) is 12.5 Å². The van der Waals surface area contributed by atoms with Crippen molar-refractivity contribution in [3.63, 3.8) is 0 Å². The highest BCUT2D eigenvalue weighted by atomic mass is 16.2. The Balaban J connectivity index is 1.85. The maximum absolute atomic E-state index is 11.6. The summed E-state index contributed by atoms with van der Waals surface area (Å²) >= 11 is 0. The molecule has 0 fully saturated rings. The van der Waals surface area contributed by atoms with Crippen molar-refractivity contribution >= 4 is 12.1 Å². The van der Waals surface area contributed by atoms with Crippen LogP contribution in [0, 0.1) is 6.92 Å². The molecule has 1 amide bonds. The number of hydrazone groups is 1. The molecule has 1 aromatic heterocycles. The van der Waals surface area contributed by atoms with Crippen molar-refractivity contribution in [2.24, 2.45) is 5.10 Å². The summed E-state index contributed by atoms with van der Waals surface area (Å²) < 4.78 is 1.79. The Bertz CT molecular complexity index is 562. The van der Waals surface area contributed by atoms with Crippen molar-refractivity contribution in [2.75, 3.05) is 0 Å². The van der Waals surface area contributed by atoms with Crippen LogP contribution >= 0.6 is 0 Å². The predicted octanol–water partition coefficient (Wildman–Crippen LogP) is 1.43. The number of rotatable bonds is 4. The van der Waals surface area contributed by atoms with Crippen molar-refractivity contribution in [1.82, 2.24) is 5.43 Å². The minimum atomic E-state index is -0.153. The Morgan fingerprint density at radius 3 is 2.58 bits per heavy atom. The average molecular weight is 254 g/mol. The minimum absolute atomic E-state index is 0.153.